The van der Waals surface area contributed by atoms with Crippen LogP contribution in [0.3, 0.4) is 0 Å². The van der Waals surface area contributed by atoms with Crippen molar-refractivity contribution in [1.82, 2.24) is 9.58 Å². The monoisotopic (exact) mass is 477 g/mol. The van der Waals surface area contributed by atoms with Gasteiger partial charge in [0.15, 0.2) is 5.84 Å². The van der Waals surface area contributed by atoms with Crippen molar-refractivity contribution in [1.29, 1.82) is 5.41 Å². The predicted octanol–water partition coefficient (Wildman–Crippen LogP) is 6.08. The molecule has 178 valence electrons. The number of aliphatic imine (C=N–C) groups is 1. The second-order valence-electron chi connectivity index (χ2n) is 8.54. The molecule has 2 aliphatic heterocycles. The molecular formula is C26H31N5O2S. The van der Waals surface area contributed by atoms with Crippen LogP contribution < -0.4 is 4.74 Å². The molecule has 0 fully saturated rings. The Bertz CT molecular complexity index is 1190. The van der Waals surface area contributed by atoms with Gasteiger partial charge in [-0.1, -0.05) is 32.6 Å². The number of hydrazone groups is 1. The number of aryl methyl sites for hydroxylation is 1. The standard InChI is InChI=1S/C26H31N5O2S/c1-5-6-7-8-9-10-23-29-31-24(27)22(25(32)28-26(31)34-23)16-19-15-17(2)30(18(19)3)20-11-13-21(33-4)14-12-20/h11-16,27H,5-10H2,1-4H3/b22-16-,27-24?. The molecule has 1 amide bonds. The van der Waals surface area contributed by atoms with Crippen molar-refractivity contribution in [2.45, 2.75) is 59.3 Å². The summed E-state index contributed by atoms with van der Waals surface area (Å²) in [4.78, 5) is 17.1. The van der Waals surface area contributed by atoms with Crippen molar-refractivity contribution in [3.8, 4) is 11.4 Å². The number of amides is 1. The molecule has 7 nitrogen and oxygen atoms in total. The zero-order chi connectivity index (χ0) is 24.2. The van der Waals surface area contributed by atoms with Crippen molar-refractivity contribution >= 4 is 39.8 Å². The van der Waals surface area contributed by atoms with Crippen LogP contribution in [0.2, 0.25) is 0 Å². The first kappa shape index (κ1) is 24.0. The number of methoxy groups -OCH3 is 1. The molecule has 2 aromatic rings. The minimum absolute atomic E-state index is 0.0812. The van der Waals surface area contributed by atoms with Crippen LogP contribution >= 0.6 is 11.8 Å². The SMILES string of the molecule is CCCCCCCC1=NN2C(=N)/C(=C/c3cc(C)n(-c4ccc(OC)cc4)c3C)C(=O)N=C2S1. The molecule has 3 heterocycles. The summed E-state index contributed by atoms with van der Waals surface area (Å²) < 4.78 is 7.39. The van der Waals surface area contributed by atoms with Crippen molar-refractivity contribution in [2.24, 2.45) is 10.1 Å². The average Bonchev–Trinajstić information content (AvgIpc) is 3.36. The molecule has 2 aliphatic rings. The third-order valence-corrected chi connectivity index (χ3v) is 7.06. The van der Waals surface area contributed by atoms with Crippen LogP contribution in [0.15, 0.2) is 46.0 Å². The minimum Gasteiger partial charge on any atom is -0.497 e. The summed E-state index contributed by atoms with van der Waals surface area (Å²) in [6, 6.07) is 9.87. The molecule has 34 heavy (non-hydrogen) atoms. The number of hydrogen-bond donors (Lipinski definition) is 1. The van der Waals surface area contributed by atoms with Crippen molar-refractivity contribution in [3.05, 3.63) is 52.9 Å². The number of hydrogen-bond acceptors (Lipinski definition) is 5. The van der Waals surface area contributed by atoms with Gasteiger partial charge in [0.05, 0.1) is 12.7 Å². The second-order valence-corrected chi connectivity index (χ2v) is 9.58. The van der Waals surface area contributed by atoms with Crippen LogP contribution in [0.5, 0.6) is 5.75 Å². The van der Waals surface area contributed by atoms with Crippen LogP contribution in [-0.2, 0) is 4.79 Å². The summed E-state index contributed by atoms with van der Waals surface area (Å²) in [5.41, 5.74) is 4.17. The summed E-state index contributed by atoms with van der Waals surface area (Å²) in [6.07, 6.45) is 8.56. The molecule has 0 spiro atoms. The Morgan fingerprint density at radius 2 is 1.85 bits per heavy atom. The lowest BCUT2D eigenvalue weighted by Gasteiger charge is -2.20. The lowest BCUT2D eigenvalue weighted by Crippen LogP contribution is -2.35. The van der Waals surface area contributed by atoms with Gasteiger partial charge < -0.3 is 9.30 Å². The lowest BCUT2D eigenvalue weighted by atomic mass is 10.1. The van der Waals surface area contributed by atoms with Gasteiger partial charge in [0.1, 0.15) is 10.8 Å². The molecule has 8 heteroatoms. The van der Waals surface area contributed by atoms with Crippen LogP contribution in [-0.4, -0.2) is 38.6 Å². The minimum atomic E-state index is -0.391. The zero-order valence-corrected chi connectivity index (χ0v) is 21.0. The number of amidine groups is 2. The molecule has 0 saturated carbocycles. The van der Waals surface area contributed by atoms with E-state index in [0.717, 1.165) is 46.3 Å². The highest BCUT2D eigenvalue weighted by atomic mass is 32.2. The summed E-state index contributed by atoms with van der Waals surface area (Å²) in [7, 11) is 1.65. The second kappa shape index (κ2) is 10.4. The molecule has 1 N–H and O–H groups in total. The van der Waals surface area contributed by atoms with E-state index in [1.165, 1.54) is 42.5 Å². The number of aromatic nitrogens is 1. The Hall–Kier alpha value is -3.13. The third-order valence-electron chi connectivity index (χ3n) is 6.09. The molecule has 4 rings (SSSR count). The highest BCUT2D eigenvalue weighted by Crippen LogP contribution is 2.31. The number of nitrogens with one attached hydrogen (secondary N) is 1. The first-order valence-corrected chi connectivity index (χ1v) is 12.6. The Kier molecular flexibility index (Phi) is 7.36. The zero-order valence-electron chi connectivity index (χ0n) is 20.2. The fraction of sp³-hybridized carbons (Fsp3) is 0.385. The first-order chi connectivity index (χ1) is 16.4. The highest BCUT2D eigenvalue weighted by molar-refractivity contribution is 8.26. The fourth-order valence-corrected chi connectivity index (χ4v) is 5.16. The molecule has 0 bridgehead atoms. The van der Waals surface area contributed by atoms with Gasteiger partial charge in [-0.15, -0.1) is 0 Å². The van der Waals surface area contributed by atoms with Gasteiger partial charge in [-0.3, -0.25) is 10.2 Å². The number of benzene rings is 1. The van der Waals surface area contributed by atoms with Crippen LogP contribution in [0.25, 0.3) is 11.8 Å². The van der Waals surface area contributed by atoms with Crippen molar-refractivity contribution in [2.75, 3.05) is 7.11 Å². The van der Waals surface area contributed by atoms with E-state index < -0.39 is 5.91 Å². The Balaban J connectivity index is 1.55. The van der Waals surface area contributed by atoms with Crippen LogP contribution in [0.1, 0.15) is 62.4 Å². The molecule has 0 unspecified atom stereocenters. The summed E-state index contributed by atoms with van der Waals surface area (Å²) >= 11 is 1.41. The average molecular weight is 478 g/mol. The van der Waals surface area contributed by atoms with E-state index in [4.69, 9.17) is 10.1 Å². The molecule has 0 saturated heterocycles. The molecule has 0 radical (unpaired) electrons. The number of ether oxygens (including phenoxy) is 1. The Morgan fingerprint density at radius 1 is 1.12 bits per heavy atom. The van der Waals surface area contributed by atoms with E-state index in [0.29, 0.717) is 5.17 Å². The highest BCUT2D eigenvalue weighted by Gasteiger charge is 2.35. The van der Waals surface area contributed by atoms with E-state index in [1.807, 2.05) is 44.2 Å². The largest absolute Gasteiger partial charge is 0.497 e. The Morgan fingerprint density at radius 3 is 2.56 bits per heavy atom. The van der Waals surface area contributed by atoms with E-state index >= 15 is 0 Å². The summed E-state index contributed by atoms with van der Waals surface area (Å²) in [6.45, 7) is 6.24. The van der Waals surface area contributed by atoms with Gasteiger partial charge in [0, 0.05) is 17.1 Å². The smallest absolute Gasteiger partial charge is 0.283 e. The van der Waals surface area contributed by atoms with Gasteiger partial charge in [-0.25, -0.2) is 0 Å². The predicted molar refractivity (Wildman–Crippen MR) is 140 cm³/mol. The van der Waals surface area contributed by atoms with E-state index in [-0.39, 0.29) is 11.4 Å². The van der Waals surface area contributed by atoms with Crippen LogP contribution in [0, 0.1) is 19.3 Å². The number of carbonyl (C=O) groups is 1. The number of rotatable bonds is 9. The summed E-state index contributed by atoms with van der Waals surface area (Å²) in [5, 5.41) is 16.2. The lowest BCUT2D eigenvalue weighted by molar-refractivity contribution is -0.114. The molecule has 1 aromatic heterocycles. The maximum atomic E-state index is 12.8. The maximum Gasteiger partial charge on any atom is 0.283 e. The van der Waals surface area contributed by atoms with Crippen molar-refractivity contribution in [3.63, 3.8) is 0 Å². The van der Waals surface area contributed by atoms with Gasteiger partial charge in [0.25, 0.3) is 5.91 Å². The maximum absolute atomic E-state index is 12.8. The number of carbonyl (C=O) groups excluding carboxylic acids is 1. The van der Waals surface area contributed by atoms with Crippen LogP contribution in [0.4, 0.5) is 0 Å². The fourth-order valence-electron chi connectivity index (χ4n) is 4.23. The van der Waals surface area contributed by atoms with E-state index in [9.17, 15) is 4.79 Å². The molecular weight excluding hydrogens is 446 g/mol. The number of unbranched alkanes of at least 4 members (excludes halogenated alkanes) is 4. The molecule has 0 aliphatic carbocycles. The van der Waals surface area contributed by atoms with Gasteiger partial charge in [0.2, 0.25) is 5.17 Å². The van der Waals surface area contributed by atoms with E-state index in [2.05, 4.69) is 21.6 Å². The van der Waals surface area contributed by atoms with Gasteiger partial charge >= 0.3 is 0 Å². The molecule has 1 aromatic carbocycles. The topological polar surface area (TPSA) is 83.0 Å². The number of thioether (sulfide) groups is 1. The van der Waals surface area contributed by atoms with Gasteiger partial charge in [-0.05, 0) is 80.4 Å². The quantitative estimate of drug-likeness (QED) is 0.350. The number of nitrogens with zero attached hydrogens (tertiary/aromatic N) is 4. The van der Waals surface area contributed by atoms with Crippen molar-refractivity contribution < 1.29 is 9.53 Å². The Labute approximate surface area is 205 Å². The van der Waals surface area contributed by atoms with Gasteiger partial charge in [-0.2, -0.15) is 15.1 Å². The van der Waals surface area contributed by atoms with E-state index in [1.54, 1.807) is 13.2 Å². The summed E-state index contributed by atoms with van der Waals surface area (Å²) in [5.74, 6) is 0.489. The normalized spacial score (nSPS) is 16.7. The molecule has 0 atom stereocenters. The number of fused-ring (bicyclic) bond motifs is 1. The third kappa shape index (κ3) is 4.87. The first-order valence-electron chi connectivity index (χ1n) is 11.8.